The summed E-state index contributed by atoms with van der Waals surface area (Å²) in [6.07, 6.45) is 26.2. The molecule has 0 spiro atoms. The van der Waals surface area contributed by atoms with Crippen LogP contribution in [0.15, 0.2) is 12.2 Å². The van der Waals surface area contributed by atoms with Gasteiger partial charge in [0.25, 0.3) is 0 Å². The summed E-state index contributed by atoms with van der Waals surface area (Å²) in [7, 11) is 0. The molecule has 9 heteroatoms. The van der Waals surface area contributed by atoms with E-state index in [9.17, 15) is 34.8 Å². The monoisotopic (exact) mass is 753 g/mol. The number of ether oxygens (including phenoxy) is 2. The van der Waals surface area contributed by atoms with Gasteiger partial charge in [-0.2, -0.15) is 0 Å². The van der Waals surface area contributed by atoms with Crippen LogP contribution in [0.1, 0.15) is 194 Å². The molecular weight excluding hydrogens is 672 g/mol. The molecule has 0 radical (unpaired) electrons. The number of carbonyl (C=O) groups excluding carboxylic acids is 3. The van der Waals surface area contributed by atoms with Gasteiger partial charge in [-0.3, -0.25) is 14.4 Å². The molecule has 4 N–H and O–H groups in total. The molecule has 0 aromatic carbocycles. The molecule has 0 heterocycles. The fourth-order valence-electron chi connectivity index (χ4n) is 7.27. The summed E-state index contributed by atoms with van der Waals surface area (Å²) >= 11 is 0. The Bertz CT molecular complexity index is 951. The summed E-state index contributed by atoms with van der Waals surface area (Å²) in [6, 6.07) is 0. The number of ketones is 1. The topological polar surface area (TPSA) is 151 Å². The predicted octanol–water partition coefficient (Wildman–Crippen LogP) is 9.10. The number of unbranched alkanes of at least 4 members (excludes halogenated alkanes) is 17. The normalized spacial score (nSPS) is 19.9. The van der Waals surface area contributed by atoms with Crippen LogP contribution >= 0.6 is 0 Å². The van der Waals surface area contributed by atoms with E-state index in [4.69, 9.17) is 9.47 Å². The molecule has 1 aliphatic rings. The van der Waals surface area contributed by atoms with Crippen molar-refractivity contribution < 1.29 is 44.3 Å². The van der Waals surface area contributed by atoms with Crippen molar-refractivity contribution in [2.45, 2.75) is 219 Å². The van der Waals surface area contributed by atoms with Gasteiger partial charge in [-0.15, -0.1) is 0 Å². The van der Waals surface area contributed by atoms with Crippen molar-refractivity contribution in [1.82, 2.24) is 0 Å². The lowest BCUT2D eigenvalue weighted by molar-refractivity contribution is -0.152. The molecule has 1 rings (SSSR count). The molecule has 1 saturated carbocycles. The van der Waals surface area contributed by atoms with E-state index in [1.807, 2.05) is 0 Å². The molecule has 1 aliphatic carbocycles. The Labute approximate surface area is 323 Å². The van der Waals surface area contributed by atoms with Crippen molar-refractivity contribution in [2.75, 3.05) is 13.2 Å². The van der Waals surface area contributed by atoms with Gasteiger partial charge in [0, 0.05) is 43.9 Å². The smallest absolute Gasteiger partial charge is 0.305 e. The molecule has 310 valence electrons. The first-order chi connectivity index (χ1) is 25.5. The Morgan fingerprint density at radius 1 is 0.623 bits per heavy atom. The van der Waals surface area contributed by atoms with Crippen LogP contribution in [0.5, 0.6) is 0 Å². The number of hydrogen-bond acceptors (Lipinski definition) is 9. The van der Waals surface area contributed by atoms with Crippen LogP contribution in [-0.4, -0.2) is 75.8 Å². The summed E-state index contributed by atoms with van der Waals surface area (Å²) in [5.41, 5.74) is 0. The van der Waals surface area contributed by atoms with Gasteiger partial charge < -0.3 is 29.9 Å². The number of carbonyl (C=O) groups is 3. The number of rotatable bonds is 35. The fourth-order valence-corrected chi connectivity index (χ4v) is 7.27. The summed E-state index contributed by atoms with van der Waals surface area (Å²) < 4.78 is 10.3. The molecule has 0 amide bonds. The molecule has 9 nitrogen and oxygen atoms in total. The van der Waals surface area contributed by atoms with E-state index in [0.29, 0.717) is 25.7 Å². The molecule has 0 aromatic heterocycles. The molecule has 0 bridgehead atoms. The Balaban J connectivity index is 2.01. The van der Waals surface area contributed by atoms with Gasteiger partial charge in [0.15, 0.2) is 0 Å². The van der Waals surface area contributed by atoms with Crippen molar-refractivity contribution in [1.29, 1.82) is 0 Å². The average Bonchev–Trinajstić information content (AvgIpc) is 3.38. The van der Waals surface area contributed by atoms with Crippen LogP contribution in [0.2, 0.25) is 0 Å². The van der Waals surface area contributed by atoms with Crippen molar-refractivity contribution >= 4 is 17.7 Å². The van der Waals surface area contributed by atoms with Crippen LogP contribution in [-0.2, 0) is 23.9 Å². The van der Waals surface area contributed by atoms with E-state index in [0.717, 1.165) is 44.4 Å². The van der Waals surface area contributed by atoms with Crippen LogP contribution < -0.4 is 0 Å². The SMILES string of the molecule is CCCCC[C@H](O)/C=C/[C@@H]1[C@@H](CC(=O)CCCCC(=O)OC[C@H](O)COC(=O)CCCCCCCCCCCCCCCCCC(C)C)[C@@H](O)C[C@H]1O. The lowest BCUT2D eigenvalue weighted by Crippen LogP contribution is -2.25. The van der Waals surface area contributed by atoms with Gasteiger partial charge in [-0.25, -0.2) is 0 Å². The molecule has 1 fully saturated rings. The minimum atomic E-state index is -1.09. The number of Topliss-reactive ketones (excluding diaryl/α,β-unsaturated/α-hetero) is 1. The fraction of sp³-hybridized carbons (Fsp3) is 0.886. The van der Waals surface area contributed by atoms with Crippen molar-refractivity contribution in [3.63, 3.8) is 0 Å². The molecule has 0 aliphatic heterocycles. The van der Waals surface area contributed by atoms with Crippen molar-refractivity contribution in [3.05, 3.63) is 12.2 Å². The highest BCUT2D eigenvalue weighted by Crippen LogP contribution is 2.36. The molecular formula is C44H80O9. The van der Waals surface area contributed by atoms with Crippen molar-refractivity contribution in [2.24, 2.45) is 17.8 Å². The molecule has 53 heavy (non-hydrogen) atoms. The maximum atomic E-state index is 12.7. The number of hydrogen-bond donors (Lipinski definition) is 4. The lowest BCUT2D eigenvalue weighted by Gasteiger charge is -2.20. The zero-order valence-electron chi connectivity index (χ0n) is 34.0. The van der Waals surface area contributed by atoms with Gasteiger partial charge in [0.05, 0.1) is 18.3 Å². The minimum Gasteiger partial charge on any atom is -0.463 e. The quantitative estimate of drug-likeness (QED) is 0.0282. The van der Waals surface area contributed by atoms with Gasteiger partial charge >= 0.3 is 11.9 Å². The lowest BCUT2D eigenvalue weighted by atomic mass is 9.87. The predicted molar refractivity (Wildman–Crippen MR) is 212 cm³/mol. The van der Waals surface area contributed by atoms with Crippen LogP contribution in [0, 0.1) is 17.8 Å². The first-order valence-electron chi connectivity index (χ1n) is 21.8. The first kappa shape index (κ1) is 49.2. The Morgan fingerprint density at radius 3 is 1.58 bits per heavy atom. The summed E-state index contributed by atoms with van der Waals surface area (Å²) in [6.45, 7) is 6.24. The molecule has 0 unspecified atom stereocenters. The zero-order chi connectivity index (χ0) is 39.1. The highest BCUT2D eigenvalue weighted by Gasteiger charge is 2.41. The maximum Gasteiger partial charge on any atom is 0.305 e. The number of esters is 2. The third-order valence-electron chi connectivity index (χ3n) is 10.7. The second kappa shape index (κ2) is 32.4. The van der Waals surface area contributed by atoms with E-state index in [1.54, 1.807) is 12.2 Å². The maximum absolute atomic E-state index is 12.7. The van der Waals surface area contributed by atoms with Gasteiger partial charge in [0.2, 0.25) is 0 Å². The summed E-state index contributed by atoms with van der Waals surface area (Å²) in [5.74, 6) is -0.828. The van der Waals surface area contributed by atoms with Gasteiger partial charge in [0.1, 0.15) is 25.1 Å². The second-order valence-electron chi connectivity index (χ2n) is 16.3. The Hall–Kier alpha value is -1.81. The highest BCUT2D eigenvalue weighted by atomic mass is 16.6. The van der Waals surface area contributed by atoms with E-state index < -0.39 is 36.3 Å². The van der Waals surface area contributed by atoms with Crippen LogP contribution in [0.3, 0.4) is 0 Å². The molecule has 6 atom stereocenters. The van der Waals surface area contributed by atoms with Gasteiger partial charge in [-0.05, 0) is 31.6 Å². The second-order valence-corrected chi connectivity index (χ2v) is 16.3. The summed E-state index contributed by atoms with van der Waals surface area (Å²) in [4.78, 5) is 36.8. The minimum absolute atomic E-state index is 0.0414. The standard InChI is InChI=1S/C44H80O9/c1-4-5-19-25-36(45)29-30-39-40(42(49)32-41(39)48)31-37(46)26-22-23-28-44(51)53-34-38(47)33-52-43(50)27-21-18-16-14-12-10-8-6-7-9-11-13-15-17-20-24-35(2)3/h29-30,35-36,38-42,45,47-49H,4-28,31-34H2,1-3H3/b30-29+/t36-,38+,39+,40+,41+,42-/m0/s1. The van der Waals surface area contributed by atoms with E-state index in [-0.39, 0.29) is 56.6 Å². The van der Waals surface area contributed by atoms with E-state index >= 15 is 0 Å². The van der Waals surface area contributed by atoms with Crippen LogP contribution in [0.4, 0.5) is 0 Å². The van der Waals surface area contributed by atoms with Crippen LogP contribution in [0.25, 0.3) is 0 Å². The molecule has 0 saturated heterocycles. The zero-order valence-corrected chi connectivity index (χ0v) is 34.0. The van der Waals surface area contributed by atoms with Gasteiger partial charge in [-0.1, -0.05) is 148 Å². The Kier molecular flexibility index (Phi) is 30.1. The number of aliphatic hydroxyl groups is 4. The third kappa shape index (κ3) is 27.4. The largest absolute Gasteiger partial charge is 0.463 e. The van der Waals surface area contributed by atoms with Crippen molar-refractivity contribution in [3.8, 4) is 0 Å². The first-order valence-corrected chi connectivity index (χ1v) is 21.8. The molecule has 0 aromatic rings. The highest BCUT2D eigenvalue weighted by molar-refractivity contribution is 5.79. The average molecular weight is 753 g/mol. The third-order valence-corrected chi connectivity index (χ3v) is 10.7. The van der Waals surface area contributed by atoms with E-state index in [2.05, 4.69) is 20.8 Å². The Morgan fingerprint density at radius 2 is 1.08 bits per heavy atom. The summed E-state index contributed by atoms with van der Waals surface area (Å²) in [5, 5.41) is 41.1. The number of aliphatic hydroxyl groups excluding tert-OH is 4. The van der Waals surface area contributed by atoms with E-state index in [1.165, 1.54) is 83.5 Å².